The van der Waals surface area contributed by atoms with Gasteiger partial charge in [-0.1, -0.05) is 26.0 Å². The highest BCUT2D eigenvalue weighted by molar-refractivity contribution is 5.78. The zero-order valence-corrected chi connectivity index (χ0v) is 13.3. The summed E-state index contributed by atoms with van der Waals surface area (Å²) in [5, 5.41) is 0. The minimum atomic E-state index is -2.84. The lowest BCUT2D eigenvalue weighted by molar-refractivity contribution is -0.129. The maximum absolute atomic E-state index is 12.1. The molecule has 4 nitrogen and oxygen atoms in total. The number of carbonyl (C=O) groups excluding carboxylic acids is 1. The van der Waals surface area contributed by atoms with E-state index in [0.717, 1.165) is 12.0 Å². The molecule has 6 heteroatoms. The SMILES string of the molecule is CC(C)C(N)CCN(C)C(=O)Cc1ccc(OC(F)F)cc1. The summed E-state index contributed by atoms with van der Waals surface area (Å²) in [7, 11) is 1.74. The quantitative estimate of drug-likeness (QED) is 0.802. The number of alkyl halides is 2. The average Bonchev–Trinajstić information content (AvgIpc) is 2.45. The lowest BCUT2D eigenvalue weighted by atomic mass is 10.0. The van der Waals surface area contributed by atoms with Crippen LogP contribution in [-0.4, -0.2) is 37.1 Å². The van der Waals surface area contributed by atoms with Gasteiger partial charge in [-0.15, -0.1) is 0 Å². The first-order valence-electron chi connectivity index (χ1n) is 7.33. The molecule has 0 fully saturated rings. The predicted molar refractivity (Wildman–Crippen MR) is 81.8 cm³/mol. The largest absolute Gasteiger partial charge is 0.435 e. The van der Waals surface area contributed by atoms with Gasteiger partial charge in [-0.05, 0) is 30.0 Å². The molecule has 0 aliphatic carbocycles. The highest BCUT2D eigenvalue weighted by Gasteiger charge is 2.13. The van der Waals surface area contributed by atoms with Crippen molar-refractivity contribution in [3.05, 3.63) is 29.8 Å². The summed E-state index contributed by atoms with van der Waals surface area (Å²) in [5.74, 6) is 0.437. The number of halogens is 2. The minimum absolute atomic E-state index is 0.0292. The van der Waals surface area contributed by atoms with Crippen LogP contribution in [0.1, 0.15) is 25.8 Å². The summed E-state index contributed by atoms with van der Waals surface area (Å²) in [6, 6.07) is 6.17. The smallest absolute Gasteiger partial charge is 0.387 e. The molecule has 22 heavy (non-hydrogen) atoms. The Balaban J connectivity index is 2.46. The highest BCUT2D eigenvalue weighted by atomic mass is 19.3. The van der Waals surface area contributed by atoms with Gasteiger partial charge in [-0.2, -0.15) is 8.78 Å². The molecular formula is C16H24F2N2O2. The topological polar surface area (TPSA) is 55.6 Å². The Labute approximate surface area is 130 Å². The van der Waals surface area contributed by atoms with E-state index in [4.69, 9.17) is 5.73 Å². The number of likely N-dealkylation sites (N-methyl/N-ethyl adjacent to an activating group) is 1. The van der Waals surface area contributed by atoms with Gasteiger partial charge in [0.1, 0.15) is 5.75 Å². The molecule has 1 aromatic rings. The molecule has 124 valence electrons. The summed E-state index contributed by atoms with van der Waals surface area (Å²) >= 11 is 0. The molecule has 1 aromatic carbocycles. The molecule has 1 atom stereocenters. The molecule has 0 heterocycles. The van der Waals surface area contributed by atoms with Crippen LogP contribution in [0.2, 0.25) is 0 Å². The van der Waals surface area contributed by atoms with Crippen LogP contribution in [0.3, 0.4) is 0 Å². The summed E-state index contributed by atoms with van der Waals surface area (Å²) < 4.78 is 28.4. The second kappa shape index (κ2) is 8.68. The van der Waals surface area contributed by atoms with Crippen molar-refractivity contribution in [2.45, 2.75) is 39.3 Å². The third-order valence-electron chi connectivity index (χ3n) is 3.58. The van der Waals surface area contributed by atoms with E-state index in [-0.39, 0.29) is 24.1 Å². The number of nitrogens with zero attached hydrogens (tertiary/aromatic N) is 1. The number of hydrogen-bond acceptors (Lipinski definition) is 3. The standard InChI is InChI=1S/C16H24F2N2O2/c1-11(2)14(19)8-9-20(3)15(21)10-12-4-6-13(7-5-12)22-16(17)18/h4-7,11,14,16H,8-10,19H2,1-3H3. The summed E-state index contributed by atoms with van der Waals surface area (Å²) in [6.07, 6.45) is 0.976. The van der Waals surface area contributed by atoms with E-state index in [0.29, 0.717) is 12.5 Å². The minimum Gasteiger partial charge on any atom is -0.435 e. The van der Waals surface area contributed by atoms with Crippen LogP contribution in [0.15, 0.2) is 24.3 Å². The van der Waals surface area contributed by atoms with E-state index in [1.54, 1.807) is 24.1 Å². The van der Waals surface area contributed by atoms with Crippen LogP contribution in [-0.2, 0) is 11.2 Å². The van der Waals surface area contributed by atoms with Crippen molar-refractivity contribution in [1.82, 2.24) is 4.90 Å². The molecule has 1 unspecified atom stereocenters. The molecule has 0 aliphatic heterocycles. The van der Waals surface area contributed by atoms with Crippen LogP contribution >= 0.6 is 0 Å². The van der Waals surface area contributed by atoms with Gasteiger partial charge in [0, 0.05) is 19.6 Å². The molecule has 0 bridgehead atoms. The highest BCUT2D eigenvalue weighted by Crippen LogP contribution is 2.15. The maximum Gasteiger partial charge on any atom is 0.387 e. The van der Waals surface area contributed by atoms with E-state index in [9.17, 15) is 13.6 Å². The van der Waals surface area contributed by atoms with Gasteiger partial charge in [0.05, 0.1) is 6.42 Å². The summed E-state index contributed by atoms with van der Waals surface area (Å²) in [4.78, 5) is 13.7. The molecule has 0 aromatic heterocycles. The van der Waals surface area contributed by atoms with Gasteiger partial charge in [-0.25, -0.2) is 0 Å². The van der Waals surface area contributed by atoms with Crippen molar-refractivity contribution in [3.63, 3.8) is 0 Å². The Morgan fingerprint density at radius 1 is 1.27 bits per heavy atom. The first kappa shape index (κ1) is 18.4. The van der Waals surface area contributed by atoms with Crippen LogP contribution in [0.4, 0.5) is 8.78 Å². The van der Waals surface area contributed by atoms with E-state index < -0.39 is 6.61 Å². The van der Waals surface area contributed by atoms with Crippen molar-refractivity contribution < 1.29 is 18.3 Å². The molecule has 2 N–H and O–H groups in total. The normalized spacial score (nSPS) is 12.5. The van der Waals surface area contributed by atoms with Crippen LogP contribution in [0.5, 0.6) is 5.75 Å². The summed E-state index contributed by atoms with van der Waals surface area (Å²) in [5.41, 5.74) is 6.72. The summed E-state index contributed by atoms with van der Waals surface area (Å²) in [6.45, 7) is 1.86. The first-order chi connectivity index (χ1) is 10.3. The molecule has 0 radical (unpaired) electrons. The monoisotopic (exact) mass is 314 g/mol. The molecule has 0 spiro atoms. The van der Waals surface area contributed by atoms with Gasteiger partial charge in [-0.3, -0.25) is 4.79 Å². The van der Waals surface area contributed by atoms with Crippen molar-refractivity contribution >= 4 is 5.91 Å². The van der Waals surface area contributed by atoms with E-state index in [2.05, 4.69) is 18.6 Å². The van der Waals surface area contributed by atoms with E-state index in [1.165, 1.54) is 12.1 Å². The maximum atomic E-state index is 12.1. The van der Waals surface area contributed by atoms with Crippen LogP contribution < -0.4 is 10.5 Å². The zero-order chi connectivity index (χ0) is 16.7. The number of rotatable bonds is 8. The van der Waals surface area contributed by atoms with Gasteiger partial charge in [0.15, 0.2) is 0 Å². The number of nitrogens with two attached hydrogens (primary N) is 1. The van der Waals surface area contributed by atoms with E-state index in [1.807, 2.05) is 0 Å². The predicted octanol–water partition coefficient (Wildman–Crippen LogP) is 2.66. The number of amides is 1. The fraction of sp³-hybridized carbons (Fsp3) is 0.562. The third-order valence-corrected chi connectivity index (χ3v) is 3.58. The Kier molecular flexibility index (Phi) is 7.24. The van der Waals surface area contributed by atoms with E-state index >= 15 is 0 Å². The second-order valence-corrected chi connectivity index (χ2v) is 5.71. The Bertz CT molecular complexity index is 464. The lowest BCUT2D eigenvalue weighted by Gasteiger charge is -2.21. The number of carbonyl (C=O) groups is 1. The molecule has 0 saturated carbocycles. The van der Waals surface area contributed by atoms with Gasteiger partial charge >= 0.3 is 6.61 Å². The van der Waals surface area contributed by atoms with Crippen molar-refractivity contribution in [1.29, 1.82) is 0 Å². The fourth-order valence-electron chi connectivity index (χ4n) is 1.90. The second-order valence-electron chi connectivity index (χ2n) is 5.71. The lowest BCUT2D eigenvalue weighted by Crippen LogP contribution is -2.35. The first-order valence-corrected chi connectivity index (χ1v) is 7.33. The molecule has 0 aliphatic rings. The Hall–Kier alpha value is -1.69. The van der Waals surface area contributed by atoms with Crippen LogP contribution in [0, 0.1) is 5.92 Å². The average molecular weight is 314 g/mol. The zero-order valence-electron chi connectivity index (χ0n) is 13.3. The molecule has 1 rings (SSSR count). The molecular weight excluding hydrogens is 290 g/mol. The number of ether oxygens (including phenoxy) is 1. The van der Waals surface area contributed by atoms with Gasteiger partial charge in [0.25, 0.3) is 0 Å². The van der Waals surface area contributed by atoms with Crippen LogP contribution in [0.25, 0.3) is 0 Å². The molecule has 1 amide bonds. The van der Waals surface area contributed by atoms with Crippen molar-refractivity contribution in [3.8, 4) is 5.75 Å². The van der Waals surface area contributed by atoms with Gasteiger partial charge < -0.3 is 15.4 Å². The number of hydrogen-bond donors (Lipinski definition) is 1. The van der Waals surface area contributed by atoms with Crippen molar-refractivity contribution in [2.24, 2.45) is 11.7 Å². The molecule has 0 saturated heterocycles. The third kappa shape index (κ3) is 6.39. The van der Waals surface area contributed by atoms with Crippen molar-refractivity contribution in [2.75, 3.05) is 13.6 Å². The fourth-order valence-corrected chi connectivity index (χ4v) is 1.90. The van der Waals surface area contributed by atoms with Gasteiger partial charge in [0.2, 0.25) is 5.91 Å². The Morgan fingerprint density at radius 3 is 2.36 bits per heavy atom. The number of benzene rings is 1. The Morgan fingerprint density at radius 2 is 1.86 bits per heavy atom.